The van der Waals surface area contributed by atoms with Crippen LogP contribution in [0.25, 0.3) is 0 Å². The van der Waals surface area contributed by atoms with Gasteiger partial charge in [0.1, 0.15) is 0 Å². The van der Waals surface area contributed by atoms with Crippen LogP contribution in [0.5, 0.6) is 0 Å². The van der Waals surface area contributed by atoms with Crippen molar-refractivity contribution in [1.82, 2.24) is 0 Å². The third-order valence-corrected chi connectivity index (χ3v) is 1.92. The quantitative estimate of drug-likeness (QED) is 0.425. The predicted octanol–water partition coefficient (Wildman–Crippen LogP) is -2.69. The molecule has 1 aromatic carbocycles. The number of allylic oxidation sites excluding steroid dienone is 2. The van der Waals surface area contributed by atoms with Crippen molar-refractivity contribution in [3.63, 3.8) is 0 Å². The molecule has 0 bridgehead atoms. The van der Waals surface area contributed by atoms with Crippen molar-refractivity contribution in [2.75, 3.05) is 0 Å². The van der Waals surface area contributed by atoms with Crippen LogP contribution in [0.2, 0.25) is 0 Å². The first kappa shape index (κ1) is 11.2. The number of carbonyl (C=O) groups is 2. The Hall–Kier alpha value is -0.900. The maximum Gasteiger partial charge on any atom is 1.00 e. The van der Waals surface area contributed by atoms with Gasteiger partial charge in [-0.05, 0) is 6.08 Å². The molecule has 0 spiro atoms. The first-order valence-corrected chi connectivity index (χ1v) is 3.77. The van der Waals surface area contributed by atoms with Gasteiger partial charge in [0.05, 0.1) is 0 Å². The number of fused-ring (bicyclic) bond motifs is 1. The van der Waals surface area contributed by atoms with Crippen molar-refractivity contribution >= 4 is 11.6 Å². The summed E-state index contributed by atoms with van der Waals surface area (Å²) < 4.78 is 0. The van der Waals surface area contributed by atoms with Gasteiger partial charge < -0.3 is 5.11 Å². The number of hydrogen-bond donors (Lipinski definition) is 0. The molecule has 2 rings (SSSR count). The van der Waals surface area contributed by atoms with Crippen molar-refractivity contribution in [2.45, 2.75) is 0 Å². The molecule has 0 fully saturated rings. The fourth-order valence-corrected chi connectivity index (χ4v) is 1.29. The third-order valence-electron chi connectivity index (χ3n) is 1.92. The molecule has 0 heterocycles. The molecule has 4 heteroatoms. The van der Waals surface area contributed by atoms with Crippen LogP contribution < -0.4 is 34.7 Å². The van der Waals surface area contributed by atoms with Crippen molar-refractivity contribution in [2.24, 2.45) is 0 Å². The van der Waals surface area contributed by atoms with Gasteiger partial charge >= 0.3 is 29.6 Å². The first-order valence-electron chi connectivity index (χ1n) is 3.77. The summed E-state index contributed by atoms with van der Waals surface area (Å²) >= 11 is 0. The number of carbonyl (C=O) groups excluding carboxylic acids is 2. The van der Waals surface area contributed by atoms with Crippen molar-refractivity contribution < 1.29 is 44.3 Å². The van der Waals surface area contributed by atoms with Gasteiger partial charge in [-0.15, -0.1) is 0 Å². The molecule has 0 saturated carbocycles. The van der Waals surface area contributed by atoms with Gasteiger partial charge in [0.25, 0.3) is 0 Å². The maximum absolute atomic E-state index is 11.2. The van der Waals surface area contributed by atoms with Crippen LogP contribution in [0.1, 0.15) is 20.7 Å². The van der Waals surface area contributed by atoms with Crippen LogP contribution >= 0.6 is 0 Å². The average Bonchev–Trinajstić information content (AvgIpc) is 2.15. The van der Waals surface area contributed by atoms with Crippen LogP contribution in [0.15, 0.2) is 36.1 Å². The van der Waals surface area contributed by atoms with Gasteiger partial charge in [-0.1, -0.05) is 30.0 Å². The summed E-state index contributed by atoms with van der Waals surface area (Å²) in [5.74, 6) is -1.72. The Morgan fingerprint density at radius 1 is 1.00 bits per heavy atom. The topological polar surface area (TPSA) is 57.2 Å². The number of rotatable bonds is 0. The SMILES string of the molecule is O=C1C=C([O-])C(=O)c2ccccc21.[Na+]. The summed E-state index contributed by atoms with van der Waals surface area (Å²) in [4.78, 5) is 22.4. The number of hydrogen-bond acceptors (Lipinski definition) is 3. The molecule has 0 aromatic heterocycles. The summed E-state index contributed by atoms with van der Waals surface area (Å²) in [6, 6.07) is 6.31. The summed E-state index contributed by atoms with van der Waals surface area (Å²) in [6.07, 6.45) is 0.838. The van der Waals surface area contributed by atoms with Gasteiger partial charge in [-0.25, -0.2) is 0 Å². The molecule has 0 atom stereocenters. The zero-order valence-electron chi connectivity index (χ0n) is 7.61. The van der Waals surface area contributed by atoms with E-state index in [4.69, 9.17) is 0 Å². The van der Waals surface area contributed by atoms with E-state index in [2.05, 4.69) is 0 Å². The zero-order valence-corrected chi connectivity index (χ0v) is 9.61. The molecule has 3 nitrogen and oxygen atoms in total. The molecule has 0 aliphatic heterocycles. The smallest absolute Gasteiger partial charge is 0.870 e. The Morgan fingerprint density at radius 2 is 1.57 bits per heavy atom. The molecule has 0 saturated heterocycles. The van der Waals surface area contributed by atoms with Gasteiger partial charge in [0, 0.05) is 11.1 Å². The minimum atomic E-state index is -0.733. The van der Waals surface area contributed by atoms with E-state index in [-0.39, 0.29) is 40.9 Å². The van der Waals surface area contributed by atoms with Crippen LogP contribution in [0.3, 0.4) is 0 Å². The molecule has 64 valence electrons. The molecule has 14 heavy (non-hydrogen) atoms. The third kappa shape index (κ3) is 1.66. The molecule has 0 amide bonds. The fraction of sp³-hybridized carbons (Fsp3) is 0. The van der Waals surface area contributed by atoms with E-state index in [1.54, 1.807) is 18.2 Å². The van der Waals surface area contributed by atoms with Crippen LogP contribution in [0, 0.1) is 0 Å². The van der Waals surface area contributed by atoms with Crippen molar-refractivity contribution in [1.29, 1.82) is 0 Å². The fourth-order valence-electron chi connectivity index (χ4n) is 1.29. The van der Waals surface area contributed by atoms with E-state index in [1.165, 1.54) is 6.07 Å². The van der Waals surface area contributed by atoms with E-state index in [0.717, 1.165) is 6.08 Å². The minimum Gasteiger partial charge on any atom is -0.870 e. The Bertz CT molecular complexity index is 435. The summed E-state index contributed by atoms with van der Waals surface area (Å²) in [7, 11) is 0. The van der Waals surface area contributed by atoms with Gasteiger partial charge in [0.2, 0.25) is 0 Å². The first-order chi connectivity index (χ1) is 6.20. The predicted molar refractivity (Wildman–Crippen MR) is 43.2 cm³/mol. The largest absolute Gasteiger partial charge is 1.00 e. The second kappa shape index (κ2) is 4.09. The van der Waals surface area contributed by atoms with E-state index in [9.17, 15) is 14.7 Å². The average molecular weight is 196 g/mol. The van der Waals surface area contributed by atoms with Crippen LogP contribution in [0.4, 0.5) is 0 Å². The van der Waals surface area contributed by atoms with Gasteiger partial charge in [0.15, 0.2) is 11.6 Å². The second-order valence-electron chi connectivity index (χ2n) is 2.75. The number of Topliss-reactive ketones (excluding diaryl/α,β-unsaturated/α-hetero) is 1. The molecule has 1 aliphatic rings. The summed E-state index contributed by atoms with van der Waals surface area (Å²) in [6.45, 7) is 0. The van der Waals surface area contributed by atoms with Gasteiger partial charge in [-0.2, -0.15) is 0 Å². The van der Waals surface area contributed by atoms with Gasteiger partial charge in [-0.3, -0.25) is 9.59 Å². The van der Waals surface area contributed by atoms with E-state index in [1.807, 2.05) is 0 Å². The number of ketones is 2. The Kier molecular flexibility index (Phi) is 3.26. The molecule has 1 aromatic rings. The van der Waals surface area contributed by atoms with E-state index >= 15 is 0 Å². The van der Waals surface area contributed by atoms with Crippen LogP contribution in [-0.2, 0) is 0 Å². The molecule has 1 aliphatic carbocycles. The standard InChI is InChI=1S/C10H6O3.Na/c11-8-5-9(12)10(13)7-4-2-1-3-6(7)8;/h1-5,12H;/q;+1/p-1. The summed E-state index contributed by atoms with van der Waals surface area (Å²) in [5.41, 5.74) is 0.520. The molecular weight excluding hydrogens is 191 g/mol. The Morgan fingerprint density at radius 3 is 2.21 bits per heavy atom. The van der Waals surface area contributed by atoms with E-state index in [0.29, 0.717) is 5.56 Å². The Balaban J connectivity index is 0.000000980. The van der Waals surface area contributed by atoms with Crippen LogP contribution in [-0.4, -0.2) is 11.6 Å². The molecule has 0 N–H and O–H groups in total. The Labute approximate surface area is 103 Å². The van der Waals surface area contributed by atoms with Crippen molar-refractivity contribution in [3.05, 3.63) is 47.2 Å². The van der Waals surface area contributed by atoms with Crippen molar-refractivity contribution in [3.8, 4) is 0 Å². The van der Waals surface area contributed by atoms with E-state index < -0.39 is 11.5 Å². The second-order valence-corrected chi connectivity index (χ2v) is 2.75. The monoisotopic (exact) mass is 196 g/mol. The summed E-state index contributed by atoms with van der Waals surface area (Å²) in [5, 5.41) is 10.9. The minimum absolute atomic E-state index is 0. The normalized spacial score (nSPS) is 14.1. The number of benzene rings is 1. The molecular formula is C10H5NaO3. The zero-order chi connectivity index (χ0) is 9.42. The molecule has 0 radical (unpaired) electrons. The maximum atomic E-state index is 11.2. The molecule has 0 unspecified atom stereocenters.